The molecule has 0 atom stereocenters. The summed E-state index contributed by atoms with van der Waals surface area (Å²) in [7, 11) is 0. The topological polar surface area (TPSA) is 55.1 Å². The van der Waals surface area contributed by atoms with E-state index in [2.05, 4.69) is 21.7 Å². The Morgan fingerprint density at radius 1 is 1.03 bits per heavy atom. The van der Waals surface area contributed by atoms with E-state index in [-0.39, 0.29) is 11.3 Å². The number of phenolic OH excluding ortho intramolecular Hbond substituents is 1. The van der Waals surface area contributed by atoms with Gasteiger partial charge in [0.1, 0.15) is 16.4 Å². The van der Waals surface area contributed by atoms with Crippen LogP contribution < -0.4 is 5.56 Å². The van der Waals surface area contributed by atoms with Crippen molar-refractivity contribution in [2.45, 2.75) is 32.2 Å². The van der Waals surface area contributed by atoms with Gasteiger partial charge in [-0.3, -0.25) is 4.79 Å². The Hall–Kier alpha value is -3.18. The van der Waals surface area contributed by atoms with Gasteiger partial charge in [0.2, 0.25) is 0 Å². The van der Waals surface area contributed by atoms with Crippen molar-refractivity contribution < 1.29 is 5.11 Å². The molecule has 30 heavy (non-hydrogen) atoms. The molecule has 3 heterocycles. The van der Waals surface area contributed by atoms with Crippen molar-refractivity contribution in [3.05, 3.63) is 91.8 Å². The van der Waals surface area contributed by atoms with Gasteiger partial charge in [-0.05, 0) is 54.5 Å². The van der Waals surface area contributed by atoms with Crippen molar-refractivity contribution in [3.63, 3.8) is 0 Å². The molecular weight excluding hydrogens is 392 g/mol. The van der Waals surface area contributed by atoms with E-state index in [0.717, 1.165) is 46.2 Å². The molecule has 0 spiro atoms. The van der Waals surface area contributed by atoms with Gasteiger partial charge in [0, 0.05) is 16.0 Å². The van der Waals surface area contributed by atoms with Gasteiger partial charge in [-0.1, -0.05) is 42.5 Å². The summed E-state index contributed by atoms with van der Waals surface area (Å²) in [6.45, 7) is 0.701. The third-order valence-electron chi connectivity index (χ3n) is 6.19. The minimum absolute atomic E-state index is 0.127. The number of benzene rings is 2. The quantitative estimate of drug-likeness (QED) is 0.422. The molecular formula is C25H20N2O2S. The molecule has 2 aromatic carbocycles. The number of aromatic hydroxyl groups is 1. The van der Waals surface area contributed by atoms with E-state index < -0.39 is 0 Å². The van der Waals surface area contributed by atoms with E-state index in [9.17, 15) is 9.90 Å². The fraction of sp³-hybridized carbons (Fsp3) is 0.200. The molecule has 0 unspecified atom stereocenters. The number of rotatable bonds is 1. The Morgan fingerprint density at radius 3 is 2.73 bits per heavy atom. The van der Waals surface area contributed by atoms with Gasteiger partial charge in [-0.2, -0.15) is 4.98 Å². The van der Waals surface area contributed by atoms with Crippen LogP contribution in [0.1, 0.15) is 45.8 Å². The van der Waals surface area contributed by atoms with Crippen LogP contribution in [-0.4, -0.2) is 14.7 Å². The molecule has 2 aliphatic rings. The van der Waals surface area contributed by atoms with E-state index in [0.29, 0.717) is 12.4 Å². The van der Waals surface area contributed by atoms with Gasteiger partial charge in [-0.15, -0.1) is 11.3 Å². The van der Waals surface area contributed by atoms with Crippen molar-refractivity contribution >= 4 is 33.2 Å². The molecule has 0 bridgehead atoms. The zero-order chi connectivity index (χ0) is 20.2. The average Bonchev–Trinajstić information content (AvgIpc) is 3.16. The number of aromatic nitrogens is 2. The maximum atomic E-state index is 13.2. The van der Waals surface area contributed by atoms with E-state index in [1.807, 2.05) is 36.4 Å². The standard InChI is InChI=1S/C25H20N2O2S/c28-20-11-5-2-7-15(20)13-19-17-9-3-1-8-16(17)14-27-23(19)26-24(29)22-18-10-4-6-12-21(18)30-25(22)27/h1-3,5,7-9,11,13,28H,4,6,10,12,14H2/b19-13+. The molecule has 0 radical (unpaired) electrons. The summed E-state index contributed by atoms with van der Waals surface area (Å²) in [6.07, 6.45) is 6.31. The van der Waals surface area contributed by atoms with Crippen LogP contribution >= 0.6 is 11.3 Å². The minimum Gasteiger partial charge on any atom is -0.507 e. The largest absolute Gasteiger partial charge is 0.507 e. The number of nitrogens with zero attached hydrogens (tertiary/aromatic N) is 2. The summed E-state index contributed by atoms with van der Waals surface area (Å²) in [5.41, 5.74) is 4.95. The van der Waals surface area contributed by atoms with Crippen LogP contribution in [0.4, 0.5) is 0 Å². The zero-order valence-corrected chi connectivity index (χ0v) is 17.2. The fourth-order valence-electron chi connectivity index (χ4n) is 4.74. The van der Waals surface area contributed by atoms with Crippen LogP contribution in [0.3, 0.4) is 0 Å². The number of hydrogen-bond donors (Lipinski definition) is 1. The van der Waals surface area contributed by atoms with E-state index >= 15 is 0 Å². The number of para-hydroxylation sites is 1. The lowest BCUT2D eigenvalue weighted by Crippen LogP contribution is -2.23. The Bertz CT molecular complexity index is 1410. The lowest BCUT2D eigenvalue weighted by molar-refractivity contribution is 0.474. The predicted molar refractivity (Wildman–Crippen MR) is 121 cm³/mol. The van der Waals surface area contributed by atoms with E-state index in [1.54, 1.807) is 17.4 Å². The monoisotopic (exact) mass is 412 g/mol. The molecule has 4 nitrogen and oxygen atoms in total. The molecule has 0 fully saturated rings. The molecule has 0 saturated carbocycles. The van der Waals surface area contributed by atoms with Crippen LogP contribution in [0.25, 0.3) is 21.9 Å². The van der Waals surface area contributed by atoms with Gasteiger partial charge in [-0.25, -0.2) is 0 Å². The average molecular weight is 413 g/mol. The second-order valence-corrected chi connectivity index (χ2v) is 9.08. The Balaban J connectivity index is 1.68. The van der Waals surface area contributed by atoms with Crippen LogP contribution in [0.2, 0.25) is 0 Å². The summed E-state index contributed by atoms with van der Waals surface area (Å²) in [5.74, 6) is 0.905. The normalized spacial score (nSPS) is 16.3. The van der Waals surface area contributed by atoms with E-state index in [4.69, 9.17) is 0 Å². The highest BCUT2D eigenvalue weighted by Gasteiger charge is 2.27. The molecule has 1 N–H and O–H groups in total. The summed E-state index contributed by atoms with van der Waals surface area (Å²) < 4.78 is 2.20. The Morgan fingerprint density at radius 2 is 1.83 bits per heavy atom. The number of phenols is 1. The lowest BCUT2D eigenvalue weighted by Gasteiger charge is -2.24. The molecule has 4 aromatic rings. The highest BCUT2D eigenvalue weighted by atomic mass is 32.1. The summed E-state index contributed by atoms with van der Waals surface area (Å²) in [6, 6.07) is 15.5. The summed E-state index contributed by atoms with van der Waals surface area (Å²) in [4.78, 5) is 20.1. The fourth-order valence-corrected chi connectivity index (χ4v) is 6.12. The SMILES string of the molecule is O=c1nc2n(c3sc4c(c13)CCCC4)Cc1ccccc1/C2=C\c1ccccc1O. The van der Waals surface area contributed by atoms with Crippen molar-refractivity contribution in [1.82, 2.24) is 9.55 Å². The van der Waals surface area contributed by atoms with Crippen molar-refractivity contribution in [3.8, 4) is 5.75 Å². The molecule has 148 valence electrons. The van der Waals surface area contributed by atoms with Gasteiger partial charge in [0.25, 0.3) is 5.56 Å². The number of fused-ring (bicyclic) bond motifs is 6. The maximum Gasteiger partial charge on any atom is 0.282 e. The zero-order valence-electron chi connectivity index (χ0n) is 16.4. The first kappa shape index (κ1) is 17.7. The van der Waals surface area contributed by atoms with Gasteiger partial charge in [0.15, 0.2) is 0 Å². The van der Waals surface area contributed by atoms with Crippen molar-refractivity contribution in [2.75, 3.05) is 0 Å². The third-order valence-corrected chi connectivity index (χ3v) is 7.50. The number of hydrogen-bond acceptors (Lipinski definition) is 4. The molecule has 2 aromatic heterocycles. The van der Waals surface area contributed by atoms with Crippen LogP contribution in [0.15, 0.2) is 53.3 Å². The maximum absolute atomic E-state index is 13.2. The highest BCUT2D eigenvalue weighted by Crippen LogP contribution is 2.39. The third kappa shape index (κ3) is 2.58. The van der Waals surface area contributed by atoms with Gasteiger partial charge < -0.3 is 9.67 Å². The van der Waals surface area contributed by atoms with Crippen LogP contribution in [-0.2, 0) is 19.4 Å². The molecule has 1 aliphatic carbocycles. The number of thiophene rings is 1. The molecule has 1 aliphatic heterocycles. The van der Waals surface area contributed by atoms with Gasteiger partial charge >= 0.3 is 0 Å². The molecule has 6 rings (SSSR count). The van der Waals surface area contributed by atoms with Crippen LogP contribution in [0, 0.1) is 0 Å². The van der Waals surface area contributed by atoms with Crippen molar-refractivity contribution in [2.24, 2.45) is 0 Å². The Kier molecular flexibility index (Phi) is 3.93. The second-order valence-electron chi connectivity index (χ2n) is 7.99. The van der Waals surface area contributed by atoms with E-state index in [1.165, 1.54) is 22.4 Å². The Labute approximate surface area is 177 Å². The first-order valence-corrected chi connectivity index (χ1v) is 11.2. The lowest BCUT2D eigenvalue weighted by atomic mass is 9.93. The van der Waals surface area contributed by atoms with Gasteiger partial charge in [0.05, 0.1) is 11.9 Å². The number of aryl methyl sites for hydroxylation is 2. The summed E-state index contributed by atoms with van der Waals surface area (Å²) >= 11 is 1.76. The smallest absolute Gasteiger partial charge is 0.282 e. The molecule has 0 amide bonds. The predicted octanol–water partition coefficient (Wildman–Crippen LogP) is 4.99. The molecule has 0 saturated heterocycles. The first-order valence-electron chi connectivity index (χ1n) is 10.3. The van der Waals surface area contributed by atoms with Crippen LogP contribution in [0.5, 0.6) is 5.75 Å². The molecule has 5 heteroatoms. The first-order chi connectivity index (χ1) is 14.7. The summed E-state index contributed by atoms with van der Waals surface area (Å²) in [5, 5.41) is 11.2. The highest BCUT2D eigenvalue weighted by molar-refractivity contribution is 7.18. The minimum atomic E-state index is -0.127. The van der Waals surface area contributed by atoms with Crippen molar-refractivity contribution in [1.29, 1.82) is 0 Å². The second kappa shape index (κ2) is 6.67.